The summed E-state index contributed by atoms with van der Waals surface area (Å²) < 4.78 is 5.49. The summed E-state index contributed by atoms with van der Waals surface area (Å²) in [6.07, 6.45) is 3.30. The fraction of sp³-hybridized carbons (Fsp3) is 0.474. The molecule has 144 valence electrons. The summed E-state index contributed by atoms with van der Waals surface area (Å²) in [5.41, 5.74) is 0.435. The van der Waals surface area contributed by atoms with E-state index in [0.29, 0.717) is 37.6 Å². The molecule has 0 spiro atoms. The minimum Gasteiger partial charge on any atom is -0.409 e. The molecule has 2 aromatic rings. The molecular weight excluding hydrogens is 346 g/mol. The summed E-state index contributed by atoms with van der Waals surface area (Å²) >= 11 is 0. The van der Waals surface area contributed by atoms with Gasteiger partial charge in [0.2, 0.25) is 0 Å². The Hall–Kier alpha value is -2.74. The molecule has 3 heterocycles. The molecule has 0 aromatic carbocycles. The van der Waals surface area contributed by atoms with Crippen molar-refractivity contribution in [2.24, 2.45) is 0 Å². The number of aliphatic hydroxyl groups excluding tert-OH is 1. The van der Waals surface area contributed by atoms with Crippen LogP contribution in [0.25, 0.3) is 0 Å². The second kappa shape index (κ2) is 7.87. The zero-order chi connectivity index (χ0) is 19.4. The summed E-state index contributed by atoms with van der Waals surface area (Å²) in [6, 6.07) is 5.40. The van der Waals surface area contributed by atoms with Crippen molar-refractivity contribution in [3.63, 3.8) is 0 Å². The van der Waals surface area contributed by atoms with Crippen LogP contribution in [0.5, 0.6) is 5.75 Å². The van der Waals surface area contributed by atoms with Gasteiger partial charge in [-0.3, -0.25) is 9.88 Å². The number of hydrogen-bond donors (Lipinski definition) is 1. The molecular formula is C19H25N5O3. The van der Waals surface area contributed by atoms with Gasteiger partial charge in [-0.2, -0.15) is 0 Å². The van der Waals surface area contributed by atoms with Gasteiger partial charge in [0.05, 0.1) is 18.3 Å². The first-order chi connectivity index (χ1) is 12.9. The number of hydrogen-bond acceptors (Lipinski definition) is 7. The molecule has 3 rings (SSSR count). The van der Waals surface area contributed by atoms with Crippen LogP contribution in [0.1, 0.15) is 25.4 Å². The third-order valence-corrected chi connectivity index (χ3v) is 4.56. The highest BCUT2D eigenvalue weighted by Gasteiger charge is 2.38. The van der Waals surface area contributed by atoms with Crippen LogP contribution in [0.15, 0.2) is 30.6 Å². The van der Waals surface area contributed by atoms with E-state index < -0.39 is 5.54 Å². The van der Waals surface area contributed by atoms with Crippen LogP contribution in [0, 0.1) is 6.92 Å². The van der Waals surface area contributed by atoms with E-state index in [0.717, 1.165) is 11.5 Å². The van der Waals surface area contributed by atoms with E-state index in [-0.39, 0.29) is 12.7 Å². The summed E-state index contributed by atoms with van der Waals surface area (Å²) in [6.45, 7) is 7.68. The summed E-state index contributed by atoms with van der Waals surface area (Å²) in [5, 5.41) is 9.08. The lowest BCUT2D eigenvalue weighted by Crippen LogP contribution is -2.62. The van der Waals surface area contributed by atoms with Gasteiger partial charge in [-0.25, -0.2) is 14.8 Å². The number of aliphatic hydroxyl groups is 1. The van der Waals surface area contributed by atoms with E-state index in [2.05, 4.69) is 19.9 Å². The van der Waals surface area contributed by atoms with Crippen molar-refractivity contribution < 1.29 is 14.6 Å². The Bertz CT molecular complexity index is 794. The lowest BCUT2D eigenvalue weighted by Gasteiger charge is -2.46. The number of aromatic nitrogens is 3. The van der Waals surface area contributed by atoms with Gasteiger partial charge in [0.1, 0.15) is 11.6 Å². The molecule has 0 bridgehead atoms. The first-order valence-electron chi connectivity index (χ1n) is 8.99. The lowest BCUT2D eigenvalue weighted by atomic mass is 9.99. The van der Waals surface area contributed by atoms with Crippen molar-refractivity contribution in [1.29, 1.82) is 0 Å². The number of ether oxygens (including phenoxy) is 1. The predicted molar refractivity (Wildman–Crippen MR) is 101 cm³/mol. The predicted octanol–water partition coefficient (Wildman–Crippen LogP) is 1.81. The molecule has 1 saturated heterocycles. The number of carbonyl (C=O) groups is 1. The average molecular weight is 371 g/mol. The molecule has 1 aliphatic heterocycles. The van der Waals surface area contributed by atoms with E-state index in [1.807, 2.05) is 32.9 Å². The minimum absolute atomic E-state index is 0.0163. The fourth-order valence-corrected chi connectivity index (χ4v) is 3.14. The Morgan fingerprint density at radius 1 is 1.26 bits per heavy atom. The van der Waals surface area contributed by atoms with E-state index in [4.69, 9.17) is 9.84 Å². The highest BCUT2D eigenvalue weighted by molar-refractivity contribution is 5.72. The molecule has 2 aromatic heterocycles. The molecule has 1 N–H and O–H groups in total. The maximum Gasteiger partial charge on any atom is 0.415 e. The van der Waals surface area contributed by atoms with Gasteiger partial charge in [0.25, 0.3) is 0 Å². The monoisotopic (exact) mass is 371 g/mol. The molecule has 8 heteroatoms. The van der Waals surface area contributed by atoms with E-state index in [1.165, 1.54) is 0 Å². The Morgan fingerprint density at radius 2 is 2.07 bits per heavy atom. The molecule has 27 heavy (non-hydrogen) atoms. The molecule has 0 saturated carbocycles. The molecule has 0 unspecified atom stereocenters. The molecule has 0 atom stereocenters. The third kappa shape index (κ3) is 4.51. The van der Waals surface area contributed by atoms with Gasteiger partial charge in [-0.15, -0.1) is 0 Å². The number of rotatable bonds is 4. The number of piperazine rings is 1. The molecule has 1 aliphatic rings. The number of pyridine rings is 1. The average Bonchev–Trinajstić information content (AvgIpc) is 2.63. The second-order valence-corrected chi connectivity index (χ2v) is 7.19. The first kappa shape index (κ1) is 19.0. The molecule has 1 fully saturated rings. The maximum absolute atomic E-state index is 12.7. The SMILES string of the molecule is Cc1ccc(OC(=O)N2CCN(c3ccnc(CCO)n3)CC2(C)C)cn1. The summed E-state index contributed by atoms with van der Waals surface area (Å²) in [5.74, 6) is 1.85. The quantitative estimate of drug-likeness (QED) is 0.876. The number of anilines is 1. The Balaban J connectivity index is 1.68. The van der Waals surface area contributed by atoms with Gasteiger partial charge in [-0.05, 0) is 39.0 Å². The van der Waals surface area contributed by atoms with Crippen molar-refractivity contribution >= 4 is 11.9 Å². The highest BCUT2D eigenvalue weighted by Crippen LogP contribution is 2.25. The van der Waals surface area contributed by atoms with Gasteiger partial charge in [-0.1, -0.05) is 0 Å². The summed E-state index contributed by atoms with van der Waals surface area (Å²) in [4.78, 5) is 29.3. The molecule has 0 aliphatic carbocycles. The first-order valence-corrected chi connectivity index (χ1v) is 8.99. The standard InChI is InChI=1S/C19H25N5O3/c1-14-4-5-15(12-21-14)27-18(26)24-10-9-23(13-19(24,2)3)17-6-8-20-16(22-17)7-11-25/h4-6,8,12,25H,7,9-11,13H2,1-3H3. The smallest absolute Gasteiger partial charge is 0.409 e. The topological polar surface area (TPSA) is 91.7 Å². The van der Waals surface area contributed by atoms with Crippen molar-refractivity contribution in [2.45, 2.75) is 32.7 Å². The van der Waals surface area contributed by atoms with Crippen LogP contribution in [0.3, 0.4) is 0 Å². The zero-order valence-corrected chi connectivity index (χ0v) is 15.9. The van der Waals surface area contributed by atoms with E-state index in [9.17, 15) is 4.79 Å². The van der Waals surface area contributed by atoms with E-state index in [1.54, 1.807) is 23.4 Å². The van der Waals surface area contributed by atoms with Crippen LogP contribution in [0.2, 0.25) is 0 Å². The van der Waals surface area contributed by atoms with Gasteiger partial charge < -0.3 is 14.7 Å². The van der Waals surface area contributed by atoms with Crippen LogP contribution in [-0.2, 0) is 6.42 Å². The summed E-state index contributed by atoms with van der Waals surface area (Å²) in [7, 11) is 0. The second-order valence-electron chi connectivity index (χ2n) is 7.19. The maximum atomic E-state index is 12.7. The van der Waals surface area contributed by atoms with Crippen LogP contribution in [0.4, 0.5) is 10.6 Å². The Kier molecular flexibility index (Phi) is 5.55. The number of carbonyl (C=O) groups excluding carboxylic acids is 1. The van der Waals surface area contributed by atoms with Crippen molar-refractivity contribution in [3.8, 4) is 5.75 Å². The Morgan fingerprint density at radius 3 is 2.74 bits per heavy atom. The van der Waals surface area contributed by atoms with Gasteiger partial charge >= 0.3 is 6.09 Å². The van der Waals surface area contributed by atoms with Crippen molar-refractivity contribution in [1.82, 2.24) is 19.9 Å². The number of nitrogens with zero attached hydrogens (tertiary/aromatic N) is 5. The van der Waals surface area contributed by atoms with Crippen molar-refractivity contribution in [3.05, 3.63) is 42.1 Å². The molecule has 0 radical (unpaired) electrons. The van der Waals surface area contributed by atoms with Gasteiger partial charge in [0.15, 0.2) is 5.75 Å². The van der Waals surface area contributed by atoms with Crippen molar-refractivity contribution in [2.75, 3.05) is 31.1 Å². The van der Waals surface area contributed by atoms with Crippen LogP contribution in [-0.4, -0.2) is 62.8 Å². The Labute approximate surface area is 158 Å². The van der Waals surface area contributed by atoms with E-state index >= 15 is 0 Å². The molecule has 8 nitrogen and oxygen atoms in total. The van der Waals surface area contributed by atoms with Crippen LogP contribution >= 0.6 is 0 Å². The number of amides is 1. The third-order valence-electron chi connectivity index (χ3n) is 4.56. The number of aryl methyl sites for hydroxylation is 1. The highest BCUT2D eigenvalue weighted by atomic mass is 16.6. The van der Waals surface area contributed by atoms with Gasteiger partial charge in [0, 0.05) is 37.9 Å². The lowest BCUT2D eigenvalue weighted by molar-refractivity contribution is 0.0898. The largest absolute Gasteiger partial charge is 0.415 e. The molecule has 1 amide bonds. The fourth-order valence-electron chi connectivity index (χ4n) is 3.14. The van der Waals surface area contributed by atoms with Crippen LogP contribution < -0.4 is 9.64 Å². The zero-order valence-electron chi connectivity index (χ0n) is 15.9. The minimum atomic E-state index is -0.435. The normalized spacial score (nSPS) is 16.3.